The van der Waals surface area contributed by atoms with Crippen molar-refractivity contribution in [1.29, 1.82) is 0 Å². The molecular weight excluding hydrogens is 1400 g/mol. The first-order valence-electron chi connectivity index (χ1n) is 39.3. The Morgan fingerprint density at radius 3 is 1.10 bits per heavy atom. The van der Waals surface area contributed by atoms with Crippen molar-refractivity contribution >= 4 is 87.6 Å². The predicted octanol–water partition coefficient (Wildman–Crippen LogP) is 30.0. The maximum atomic E-state index is 7.10. The fraction of sp³-hybridized carbons (Fsp3) is 0.0182. The minimum Gasteiger partial charge on any atom is -0.455 e. The summed E-state index contributed by atoms with van der Waals surface area (Å²) in [6, 6.07) is 162. The van der Waals surface area contributed by atoms with Crippen LogP contribution in [0.5, 0.6) is 0 Å². The lowest BCUT2D eigenvalue weighted by Crippen LogP contribution is -2.28. The lowest BCUT2D eigenvalue weighted by molar-refractivity contribution is 0.670. The Labute approximate surface area is 667 Å². The van der Waals surface area contributed by atoms with Crippen molar-refractivity contribution in [3.05, 3.63) is 481 Å². The monoisotopic (exact) mass is 1470 g/mol. The molecule has 0 saturated heterocycles. The number of fused-ring (bicyclic) bond motifs is 12. The molecule has 2 heterocycles. The number of furan rings is 1. The Bertz CT molecular complexity index is 7030. The maximum Gasteiger partial charge on any atom is 0.143 e. The van der Waals surface area contributed by atoms with Crippen LogP contribution in [0.1, 0.15) is 44.5 Å². The van der Waals surface area contributed by atoms with Crippen LogP contribution in [0.25, 0.3) is 120 Å². The molecule has 0 N–H and O–H groups in total. The zero-order valence-corrected chi connectivity index (χ0v) is 63.1. The summed E-state index contributed by atoms with van der Waals surface area (Å²) in [5, 5.41) is 4.72. The molecular formula is C110H72N2OS. The van der Waals surface area contributed by atoms with Crippen molar-refractivity contribution in [2.24, 2.45) is 0 Å². The molecule has 0 radical (unpaired) electrons. The molecule has 2 aliphatic carbocycles. The average Bonchev–Trinajstić information content (AvgIpc) is 1.54. The van der Waals surface area contributed by atoms with E-state index >= 15 is 0 Å². The van der Waals surface area contributed by atoms with Crippen LogP contribution in [0.3, 0.4) is 0 Å². The van der Waals surface area contributed by atoms with Gasteiger partial charge < -0.3 is 14.2 Å². The normalized spacial score (nSPS) is 13.7. The predicted molar refractivity (Wildman–Crippen MR) is 478 cm³/mol. The Hall–Kier alpha value is -14.4. The largest absolute Gasteiger partial charge is 0.455 e. The first-order valence-corrected chi connectivity index (χ1v) is 40.1. The summed E-state index contributed by atoms with van der Waals surface area (Å²) in [7, 11) is 0. The van der Waals surface area contributed by atoms with Gasteiger partial charge >= 0.3 is 0 Å². The molecule has 18 aromatic carbocycles. The number of rotatable bonds is 15. The lowest BCUT2D eigenvalue weighted by atomic mass is 9.67. The van der Waals surface area contributed by atoms with E-state index in [1.165, 1.54) is 115 Å². The van der Waals surface area contributed by atoms with E-state index in [0.717, 1.165) is 83.9 Å². The van der Waals surface area contributed by atoms with Gasteiger partial charge in [0.25, 0.3) is 0 Å². The van der Waals surface area contributed by atoms with Crippen LogP contribution in [0.2, 0.25) is 0 Å². The van der Waals surface area contributed by atoms with Crippen LogP contribution < -0.4 is 9.80 Å². The smallest absolute Gasteiger partial charge is 0.143 e. The topological polar surface area (TPSA) is 19.6 Å². The van der Waals surface area contributed by atoms with Crippen LogP contribution in [0.4, 0.5) is 34.1 Å². The zero-order chi connectivity index (χ0) is 75.3. The minimum atomic E-state index is -0.684. The summed E-state index contributed by atoms with van der Waals surface area (Å²) in [6.45, 7) is 0. The van der Waals surface area contributed by atoms with E-state index in [1.54, 1.807) is 0 Å². The van der Waals surface area contributed by atoms with E-state index in [4.69, 9.17) is 4.42 Å². The SMILES string of the molecule is c1ccc(-c2ccc(N(c3cccc(-c4cccc5c4oc4ccc(-c6ccc(C7(c8ccccc8)c8ccccc8-c8ccc(N(c9ccc(-c%10ccccc%10)cc9)c9cccc(-c%10cccc%11c%10sc%10ccccc%10%11)c9)cc87)cc6)cc45)c3)c3ccc4c(c3)C(c3ccccc3)(c3ccccc3)c3ccccc3-4)cc2)cc1. The van der Waals surface area contributed by atoms with Gasteiger partial charge in [-0.2, -0.15) is 0 Å². The van der Waals surface area contributed by atoms with Gasteiger partial charge in [0.15, 0.2) is 0 Å². The van der Waals surface area contributed by atoms with Gasteiger partial charge in [-0.05, 0) is 208 Å². The molecule has 534 valence electrons. The second-order valence-corrected chi connectivity index (χ2v) is 31.2. The fourth-order valence-corrected chi connectivity index (χ4v) is 20.2. The maximum absolute atomic E-state index is 7.10. The van der Waals surface area contributed by atoms with Crippen molar-refractivity contribution in [2.75, 3.05) is 9.80 Å². The molecule has 0 fully saturated rings. The van der Waals surface area contributed by atoms with E-state index in [2.05, 4.69) is 447 Å². The molecule has 2 aromatic heterocycles. The molecule has 0 aliphatic heterocycles. The molecule has 0 bridgehead atoms. The fourth-order valence-electron chi connectivity index (χ4n) is 18.9. The Morgan fingerprint density at radius 2 is 0.561 bits per heavy atom. The van der Waals surface area contributed by atoms with E-state index in [0.29, 0.717) is 0 Å². The lowest BCUT2D eigenvalue weighted by Gasteiger charge is -2.35. The number of hydrogen-bond donors (Lipinski definition) is 0. The third-order valence-corrected chi connectivity index (χ3v) is 25.3. The minimum absolute atomic E-state index is 0.572. The number of thiophene rings is 1. The van der Waals surface area contributed by atoms with Gasteiger partial charge in [-0.1, -0.05) is 346 Å². The van der Waals surface area contributed by atoms with E-state index < -0.39 is 10.8 Å². The summed E-state index contributed by atoms with van der Waals surface area (Å²) >= 11 is 1.87. The van der Waals surface area contributed by atoms with Crippen molar-refractivity contribution in [3.63, 3.8) is 0 Å². The van der Waals surface area contributed by atoms with Gasteiger partial charge in [0.2, 0.25) is 0 Å². The third-order valence-electron chi connectivity index (χ3n) is 24.0. The number of anilines is 6. The van der Waals surface area contributed by atoms with Crippen LogP contribution in [-0.4, -0.2) is 0 Å². The molecule has 114 heavy (non-hydrogen) atoms. The quantitative estimate of drug-likeness (QED) is 0.102. The summed E-state index contributed by atoms with van der Waals surface area (Å²) in [4.78, 5) is 4.89. The number of para-hydroxylation sites is 1. The van der Waals surface area contributed by atoms with E-state index in [-0.39, 0.29) is 0 Å². The molecule has 22 rings (SSSR count). The van der Waals surface area contributed by atoms with Gasteiger partial charge in [-0.3, -0.25) is 0 Å². The van der Waals surface area contributed by atoms with Gasteiger partial charge in [-0.25, -0.2) is 0 Å². The highest BCUT2D eigenvalue weighted by Gasteiger charge is 2.48. The number of benzene rings is 18. The molecule has 0 saturated carbocycles. The molecule has 1 unspecified atom stereocenters. The first-order chi connectivity index (χ1) is 56.5. The standard InChI is InChI=1S/C110H72N2OS/c1-6-26-73(27-7-1)75-52-59-85(60-53-75)111(89-63-65-95-93-40-16-19-47-101(93)109(103(95)71-89,81-32-10-3-11-33-81)82-34-12-4-13-35-82)87-38-22-30-79(68-87)91-43-24-45-98-100-70-78(56-67-105(100)113-107(91)98)77-50-57-84(58-51-77)110(83-36-14-5-15-37-83)102-48-20-17-41-94(102)96-66-64-90(72-104(96)110)112(86-61-54-76(55-62-86)74-28-8-2-9-29-74)88-39-23-31-80(69-88)92-44-25-46-99-97-42-18-21-49-106(97)114-108(92)99/h1-72H. The third kappa shape index (κ3) is 10.7. The van der Waals surface area contributed by atoms with Crippen molar-refractivity contribution in [1.82, 2.24) is 0 Å². The van der Waals surface area contributed by atoms with Gasteiger partial charge in [-0.15, -0.1) is 11.3 Å². The molecule has 1 atom stereocenters. The Kier molecular flexibility index (Phi) is 15.9. The molecule has 2 aliphatic rings. The molecule has 20 aromatic rings. The van der Waals surface area contributed by atoms with Crippen LogP contribution >= 0.6 is 11.3 Å². The van der Waals surface area contributed by atoms with Gasteiger partial charge in [0, 0.05) is 70.6 Å². The second kappa shape index (κ2) is 27.3. The van der Waals surface area contributed by atoms with Crippen molar-refractivity contribution in [3.8, 4) is 77.9 Å². The summed E-state index contributed by atoms with van der Waals surface area (Å²) in [6.07, 6.45) is 0. The van der Waals surface area contributed by atoms with Crippen molar-refractivity contribution < 1.29 is 4.42 Å². The van der Waals surface area contributed by atoms with Gasteiger partial charge in [0.1, 0.15) is 11.2 Å². The summed E-state index contributed by atoms with van der Waals surface area (Å²) in [5.41, 5.74) is 33.1. The first kappa shape index (κ1) is 66.6. The highest BCUT2D eigenvalue weighted by Crippen LogP contribution is 2.60. The average molecular weight is 1470 g/mol. The molecule has 0 amide bonds. The van der Waals surface area contributed by atoms with E-state index in [9.17, 15) is 0 Å². The van der Waals surface area contributed by atoms with Crippen LogP contribution in [0.15, 0.2) is 441 Å². The number of nitrogens with zero attached hydrogens (tertiary/aromatic N) is 2. The van der Waals surface area contributed by atoms with Gasteiger partial charge in [0.05, 0.1) is 10.8 Å². The molecule has 0 spiro atoms. The Balaban J connectivity index is 0.643. The molecule has 3 nitrogen and oxygen atoms in total. The highest BCUT2D eigenvalue weighted by atomic mass is 32.1. The Morgan fingerprint density at radius 1 is 0.202 bits per heavy atom. The van der Waals surface area contributed by atoms with Crippen LogP contribution in [-0.2, 0) is 10.8 Å². The summed E-state index contributed by atoms with van der Waals surface area (Å²) < 4.78 is 9.69. The zero-order valence-electron chi connectivity index (χ0n) is 62.3. The highest BCUT2D eigenvalue weighted by molar-refractivity contribution is 7.26. The van der Waals surface area contributed by atoms with Crippen LogP contribution in [0, 0.1) is 0 Å². The second-order valence-electron chi connectivity index (χ2n) is 30.1. The number of hydrogen-bond acceptors (Lipinski definition) is 4. The van der Waals surface area contributed by atoms with Crippen molar-refractivity contribution in [2.45, 2.75) is 10.8 Å². The molecule has 4 heteroatoms. The summed E-state index contributed by atoms with van der Waals surface area (Å²) in [5.74, 6) is 0. The van der Waals surface area contributed by atoms with E-state index in [1.807, 2.05) is 11.3 Å².